The topological polar surface area (TPSA) is 143 Å². The lowest BCUT2D eigenvalue weighted by molar-refractivity contribution is -0.150. The van der Waals surface area contributed by atoms with E-state index in [2.05, 4.69) is 10.6 Å². The first-order chi connectivity index (χ1) is 22.1. The molecule has 5 rings (SSSR count). The minimum Gasteiger partial charge on any atom is -0.465 e. The number of benzene rings is 1. The molecular formula is C34H49F2N5O6. The summed E-state index contributed by atoms with van der Waals surface area (Å²) in [6, 6.07) is 3.92. The molecule has 1 aromatic rings. The van der Waals surface area contributed by atoms with Crippen molar-refractivity contribution in [1.29, 1.82) is 0 Å². The van der Waals surface area contributed by atoms with E-state index in [-0.39, 0.29) is 25.6 Å². The summed E-state index contributed by atoms with van der Waals surface area (Å²) in [4.78, 5) is 58.3. The third-order valence-electron chi connectivity index (χ3n) is 10.4. The zero-order valence-electron chi connectivity index (χ0n) is 27.8. The molecule has 1 saturated carbocycles. The number of nitrogens with zero attached hydrogens (tertiary/aromatic N) is 3. The molecule has 2 saturated heterocycles. The van der Waals surface area contributed by atoms with Crippen molar-refractivity contribution in [1.82, 2.24) is 25.3 Å². The monoisotopic (exact) mass is 661 g/mol. The lowest BCUT2D eigenvalue weighted by Crippen LogP contribution is -2.66. The number of amides is 4. The van der Waals surface area contributed by atoms with Crippen LogP contribution in [0.3, 0.4) is 0 Å². The number of aliphatic hydroxyl groups excluding tert-OH is 1. The molecule has 2 aliphatic carbocycles. The Morgan fingerprint density at radius 2 is 1.77 bits per heavy atom. The summed E-state index contributed by atoms with van der Waals surface area (Å²) >= 11 is 0. The molecule has 47 heavy (non-hydrogen) atoms. The highest BCUT2D eigenvalue weighted by Gasteiger charge is 2.52. The molecule has 4 aliphatic rings. The van der Waals surface area contributed by atoms with Crippen molar-refractivity contribution in [2.75, 3.05) is 26.2 Å². The van der Waals surface area contributed by atoms with Crippen LogP contribution in [0.4, 0.5) is 13.6 Å². The molecule has 260 valence electrons. The molecule has 0 radical (unpaired) electrons. The molecule has 2 aliphatic heterocycles. The van der Waals surface area contributed by atoms with Crippen molar-refractivity contribution >= 4 is 23.8 Å². The number of piperazine rings is 1. The summed E-state index contributed by atoms with van der Waals surface area (Å²) in [7, 11) is 0. The van der Waals surface area contributed by atoms with E-state index in [4.69, 9.17) is 0 Å². The van der Waals surface area contributed by atoms with E-state index in [1.807, 2.05) is 24.3 Å². The largest absolute Gasteiger partial charge is 0.465 e. The van der Waals surface area contributed by atoms with Gasteiger partial charge in [0.05, 0.1) is 24.6 Å². The maximum absolute atomic E-state index is 14.6. The van der Waals surface area contributed by atoms with E-state index in [0.29, 0.717) is 19.3 Å². The van der Waals surface area contributed by atoms with Crippen LogP contribution in [0.15, 0.2) is 24.3 Å². The average Bonchev–Trinajstić information content (AvgIpc) is 3.49. The maximum Gasteiger partial charge on any atom is 0.407 e. The number of fused-ring (bicyclic) bond motifs is 2. The Balaban J connectivity index is 1.40. The predicted molar refractivity (Wildman–Crippen MR) is 170 cm³/mol. The van der Waals surface area contributed by atoms with Crippen LogP contribution in [0.1, 0.15) is 83.4 Å². The Labute approximate surface area is 275 Å². The average molecular weight is 662 g/mol. The van der Waals surface area contributed by atoms with Gasteiger partial charge in [0, 0.05) is 44.1 Å². The first kappa shape index (κ1) is 35.0. The number of carbonyl (C=O) groups excluding carboxylic acids is 3. The van der Waals surface area contributed by atoms with Crippen LogP contribution >= 0.6 is 0 Å². The fourth-order valence-electron chi connectivity index (χ4n) is 7.82. The number of alkyl halides is 2. The van der Waals surface area contributed by atoms with Crippen molar-refractivity contribution in [2.24, 2.45) is 11.8 Å². The fourth-order valence-corrected chi connectivity index (χ4v) is 7.82. The number of nitrogens with one attached hydrogen (secondary N) is 2. The third kappa shape index (κ3) is 7.72. The van der Waals surface area contributed by atoms with Gasteiger partial charge in [-0.15, -0.1) is 0 Å². The second kappa shape index (κ2) is 13.7. The highest BCUT2D eigenvalue weighted by Crippen LogP contribution is 2.37. The first-order valence-corrected chi connectivity index (χ1v) is 16.9. The molecule has 0 spiro atoms. The number of hydrogen-bond donors (Lipinski definition) is 4. The van der Waals surface area contributed by atoms with E-state index in [1.54, 1.807) is 32.6 Å². The van der Waals surface area contributed by atoms with Gasteiger partial charge in [0.25, 0.3) is 5.92 Å². The Bertz CT molecular complexity index is 1350. The number of halogens is 2. The molecule has 13 heteroatoms. The number of carbonyl (C=O) groups is 4. The summed E-state index contributed by atoms with van der Waals surface area (Å²) in [6.07, 6.45) is 1.97. The van der Waals surface area contributed by atoms with Gasteiger partial charge >= 0.3 is 6.09 Å². The van der Waals surface area contributed by atoms with Gasteiger partial charge in [-0.05, 0) is 50.7 Å². The van der Waals surface area contributed by atoms with Gasteiger partial charge in [0.15, 0.2) is 0 Å². The second-order valence-electron chi connectivity index (χ2n) is 15.0. The van der Waals surface area contributed by atoms with E-state index >= 15 is 0 Å². The summed E-state index contributed by atoms with van der Waals surface area (Å²) in [5, 5.41) is 26.4. The summed E-state index contributed by atoms with van der Waals surface area (Å²) < 4.78 is 29.2. The Kier molecular flexibility index (Phi) is 10.2. The van der Waals surface area contributed by atoms with E-state index in [1.165, 1.54) is 9.80 Å². The molecule has 0 aromatic heterocycles. The van der Waals surface area contributed by atoms with Gasteiger partial charge in [0.2, 0.25) is 17.7 Å². The number of rotatable bonds is 8. The molecule has 6 atom stereocenters. The molecule has 3 fully saturated rings. The highest BCUT2D eigenvalue weighted by molar-refractivity contribution is 5.93. The normalized spacial score (nSPS) is 27.3. The van der Waals surface area contributed by atoms with Gasteiger partial charge in [-0.3, -0.25) is 19.3 Å². The van der Waals surface area contributed by atoms with Crippen LogP contribution in [0.2, 0.25) is 0 Å². The van der Waals surface area contributed by atoms with Crippen molar-refractivity contribution in [3.63, 3.8) is 0 Å². The SMILES string of the molecule is C[C@@H](CN(C(=O)O)C(C)(C)C)C(=O)N[C@H](C(=O)N1C[C@H]2CC(F)(F)CN2C[C@H]1C(=O)N[C@H]1c2ccccc2C[C@@H]1O)C1CCCCC1. The summed E-state index contributed by atoms with van der Waals surface area (Å²) in [6.45, 7) is 6.04. The smallest absolute Gasteiger partial charge is 0.407 e. The van der Waals surface area contributed by atoms with Crippen molar-refractivity contribution in [3.05, 3.63) is 35.4 Å². The van der Waals surface area contributed by atoms with E-state index in [0.717, 1.165) is 30.4 Å². The minimum absolute atomic E-state index is 0.0811. The minimum atomic E-state index is -2.96. The Hall–Kier alpha value is -3.32. The van der Waals surface area contributed by atoms with Crippen molar-refractivity contribution in [2.45, 2.75) is 114 Å². The van der Waals surface area contributed by atoms with Crippen molar-refractivity contribution < 1.29 is 38.2 Å². The van der Waals surface area contributed by atoms with Crippen LogP contribution in [-0.2, 0) is 20.8 Å². The first-order valence-electron chi connectivity index (χ1n) is 16.9. The van der Waals surface area contributed by atoms with Crippen LogP contribution in [0.25, 0.3) is 0 Å². The molecule has 4 amide bonds. The molecule has 11 nitrogen and oxygen atoms in total. The number of aliphatic hydroxyl groups is 1. The Morgan fingerprint density at radius 3 is 2.43 bits per heavy atom. The quantitative estimate of drug-likeness (QED) is 0.335. The van der Waals surface area contributed by atoms with Crippen LogP contribution < -0.4 is 10.6 Å². The third-order valence-corrected chi connectivity index (χ3v) is 10.4. The fraction of sp³-hybridized carbons (Fsp3) is 0.706. The van der Waals surface area contributed by atoms with Crippen LogP contribution in [0, 0.1) is 11.8 Å². The maximum atomic E-state index is 14.6. The van der Waals surface area contributed by atoms with Gasteiger partial charge in [-0.25, -0.2) is 13.6 Å². The molecular weight excluding hydrogens is 612 g/mol. The molecule has 0 bridgehead atoms. The van der Waals surface area contributed by atoms with Crippen molar-refractivity contribution in [3.8, 4) is 0 Å². The zero-order chi connectivity index (χ0) is 34.3. The number of carboxylic acid groups (broad SMARTS) is 1. The molecule has 4 N–H and O–H groups in total. The van der Waals surface area contributed by atoms with Gasteiger partial charge in [-0.1, -0.05) is 50.5 Å². The molecule has 1 aromatic carbocycles. The highest BCUT2D eigenvalue weighted by atomic mass is 19.3. The second-order valence-corrected chi connectivity index (χ2v) is 15.0. The predicted octanol–water partition coefficient (Wildman–Crippen LogP) is 3.16. The van der Waals surface area contributed by atoms with Gasteiger partial charge < -0.3 is 30.6 Å². The summed E-state index contributed by atoms with van der Waals surface area (Å²) in [5.41, 5.74) is 0.929. The summed E-state index contributed by atoms with van der Waals surface area (Å²) in [5.74, 6) is -5.48. The van der Waals surface area contributed by atoms with E-state index in [9.17, 15) is 38.2 Å². The van der Waals surface area contributed by atoms with Crippen LogP contribution in [-0.4, -0.2) is 111 Å². The molecule has 0 unspecified atom stereocenters. The Morgan fingerprint density at radius 1 is 1.09 bits per heavy atom. The number of hydrogen-bond acceptors (Lipinski definition) is 6. The van der Waals surface area contributed by atoms with E-state index < -0.39 is 84.4 Å². The van der Waals surface area contributed by atoms with Crippen LogP contribution in [0.5, 0.6) is 0 Å². The zero-order valence-corrected chi connectivity index (χ0v) is 27.8. The van der Waals surface area contributed by atoms with Gasteiger partial charge in [-0.2, -0.15) is 0 Å². The molecule has 2 heterocycles. The van der Waals surface area contributed by atoms with Gasteiger partial charge in [0.1, 0.15) is 12.1 Å². The standard InChI is InChI=1S/C34H49F2N5O6/c1-20(16-41(32(46)47)33(2,3)4)29(43)37-27(21-10-6-5-7-11-21)31(45)40-17-23-15-34(35,36)19-39(23)18-25(40)30(44)38-28-24-13-9-8-12-22(24)14-26(28)42/h8-9,12-13,20-21,23,25-28,42H,5-7,10-11,14-19H2,1-4H3,(H,37,43)(H,38,44)(H,46,47)/t20-,23+,25-,26-,27-,28-/m0/s1. The lowest BCUT2D eigenvalue weighted by atomic mass is 9.82. The lowest BCUT2D eigenvalue weighted by Gasteiger charge is -2.45.